The molecule has 0 aromatic carbocycles. The summed E-state index contributed by atoms with van der Waals surface area (Å²) in [5.41, 5.74) is 4.10. The van der Waals surface area contributed by atoms with Crippen LogP contribution in [0.25, 0.3) is 0 Å². The van der Waals surface area contributed by atoms with Gasteiger partial charge in [-0.3, -0.25) is 15.6 Å². The molecule has 0 radical (unpaired) electrons. The van der Waals surface area contributed by atoms with E-state index >= 15 is 0 Å². The predicted octanol–water partition coefficient (Wildman–Crippen LogP) is 2.09. The van der Waals surface area contributed by atoms with Crippen LogP contribution in [0.5, 0.6) is 0 Å². The number of aryl methyl sites for hydroxylation is 1. The molecule has 0 aliphatic heterocycles. The summed E-state index contributed by atoms with van der Waals surface area (Å²) in [5.74, 6) is 5.49. The summed E-state index contributed by atoms with van der Waals surface area (Å²) < 4.78 is 0.885. The topological polar surface area (TPSA) is 92.9 Å². The van der Waals surface area contributed by atoms with Gasteiger partial charge in [-0.15, -0.1) is 0 Å². The summed E-state index contributed by atoms with van der Waals surface area (Å²) in [5, 5.41) is 2.69. The van der Waals surface area contributed by atoms with Crippen LogP contribution in [0.2, 0.25) is 0 Å². The van der Waals surface area contributed by atoms with E-state index in [9.17, 15) is 4.79 Å². The number of nitrogens with two attached hydrogens (primary N) is 1. The highest BCUT2D eigenvalue weighted by molar-refractivity contribution is 9.10. The summed E-state index contributed by atoms with van der Waals surface area (Å²) in [4.78, 5) is 20.2. The second-order valence-electron chi connectivity index (χ2n) is 3.78. The van der Waals surface area contributed by atoms with Crippen LogP contribution in [0.1, 0.15) is 16.1 Å². The van der Waals surface area contributed by atoms with E-state index in [2.05, 4.69) is 36.6 Å². The van der Waals surface area contributed by atoms with Crippen molar-refractivity contribution in [1.29, 1.82) is 0 Å². The number of carbonyl (C=O) groups excluding carboxylic acids is 1. The summed E-state index contributed by atoms with van der Waals surface area (Å²) in [6.07, 6.45) is 2.99. The Bertz CT molecular complexity index is 617. The largest absolute Gasteiger partial charge is 0.323 e. The van der Waals surface area contributed by atoms with Crippen LogP contribution in [-0.2, 0) is 0 Å². The Kier molecular flexibility index (Phi) is 4.08. The van der Waals surface area contributed by atoms with Crippen molar-refractivity contribution in [3.05, 3.63) is 46.3 Å². The number of hydrogen-bond acceptors (Lipinski definition) is 5. The molecule has 0 fully saturated rings. The zero-order valence-corrected chi connectivity index (χ0v) is 11.7. The molecular weight excluding hydrogens is 310 g/mol. The van der Waals surface area contributed by atoms with Gasteiger partial charge in [0.2, 0.25) is 0 Å². The van der Waals surface area contributed by atoms with Crippen LogP contribution >= 0.6 is 15.9 Å². The minimum absolute atomic E-state index is 0.324. The standard InChI is InChI=1S/C12H12BrN5O/c1-7-9(13)2-3-11(16-7)17-12(19)8-6-15-5-4-10(8)18-14/h2-6H,14H2,1H3,(H,15,18)(H,16,17,19). The fourth-order valence-corrected chi connectivity index (χ4v) is 1.72. The molecule has 2 rings (SSSR count). The first kappa shape index (κ1) is 13.4. The maximum atomic E-state index is 12.1. The average Bonchev–Trinajstić information content (AvgIpc) is 2.43. The maximum Gasteiger partial charge on any atom is 0.260 e. The lowest BCUT2D eigenvalue weighted by atomic mass is 10.2. The molecule has 0 atom stereocenters. The first-order chi connectivity index (χ1) is 9.11. The zero-order valence-electron chi connectivity index (χ0n) is 10.1. The van der Waals surface area contributed by atoms with Gasteiger partial charge in [0.05, 0.1) is 16.9 Å². The fraction of sp³-hybridized carbons (Fsp3) is 0.0833. The molecule has 0 spiro atoms. The third kappa shape index (κ3) is 3.07. The molecule has 1 amide bonds. The number of pyridine rings is 2. The van der Waals surface area contributed by atoms with Crippen LogP contribution in [-0.4, -0.2) is 15.9 Å². The number of aromatic nitrogens is 2. The van der Waals surface area contributed by atoms with Gasteiger partial charge >= 0.3 is 0 Å². The van der Waals surface area contributed by atoms with Gasteiger partial charge in [0, 0.05) is 16.9 Å². The van der Waals surface area contributed by atoms with E-state index in [0.29, 0.717) is 17.1 Å². The molecule has 7 heteroatoms. The van der Waals surface area contributed by atoms with Crippen molar-refractivity contribution in [2.45, 2.75) is 6.92 Å². The molecule has 0 saturated heterocycles. The quantitative estimate of drug-likeness (QED) is 0.594. The lowest BCUT2D eigenvalue weighted by molar-refractivity contribution is 0.102. The molecule has 0 saturated carbocycles. The molecular formula is C12H12BrN5O. The maximum absolute atomic E-state index is 12.1. The lowest BCUT2D eigenvalue weighted by Crippen LogP contribution is -2.18. The molecule has 0 aliphatic rings. The SMILES string of the molecule is Cc1nc(NC(=O)c2cnccc2NN)ccc1Br. The number of amides is 1. The van der Waals surface area contributed by atoms with Crippen LogP contribution in [0, 0.1) is 6.92 Å². The Hall–Kier alpha value is -1.99. The van der Waals surface area contributed by atoms with Crippen LogP contribution in [0.4, 0.5) is 11.5 Å². The summed E-state index contributed by atoms with van der Waals surface area (Å²) in [6, 6.07) is 5.15. The molecule has 0 aliphatic carbocycles. The molecule has 2 aromatic rings. The first-order valence-electron chi connectivity index (χ1n) is 5.47. The number of halogens is 1. The Morgan fingerprint density at radius 2 is 2.16 bits per heavy atom. The predicted molar refractivity (Wildman–Crippen MR) is 76.7 cm³/mol. The van der Waals surface area contributed by atoms with Gasteiger partial charge in [-0.1, -0.05) is 0 Å². The van der Waals surface area contributed by atoms with Crippen LogP contribution in [0.15, 0.2) is 35.1 Å². The number of hydrazine groups is 1. The summed E-state index contributed by atoms with van der Waals surface area (Å²) in [7, 11) is 0. The van der Waals surface area contributed by atoms with Gasteiger partial charge in [0.1, 0.15) is 5.82 Å². The first-order valence-corrected chi connectivity index (χ1v) is 6.26. The van der Waals surface area contributed by atoms with Gasteiger partial charge in [-0.2, -0.15) is 0 Å². The van der Waals surface area contributed by atoms with Crippen molar-refractivity contribution >= 4 is 33.3 Å². The Morgan fingerprint density at radius 3 is 2.84 bits per heavy atom. The highest BCUT2D eigenvalue weighted by atomic mass is 79.9. The molecule has 98 valence electrons. The summed E-state index contributed by atoms with van der Waals surface area (Å²) >= 11 is 3.35. The van der Waals surface area contributed by atoms with Crippen molar-refractivity contribution in [3.63, 3.8) is 0 Å². The number of carbonyl (C=O) groups is 1. The second kappa shape index (κ2) is 5.77. The molecule has 2 heterocycles. The lowest BCUT2D eigenvalue weighted by Gasteiger charge is -2.09. The van der Waals surface area contributed by atoms with E-state index in [1.165, 1.54) is 6.20 Å². The zero-order chi connectivity index (χ0) is 13.8. The highest BCUT2D eigenvalue weighted by Crippen LogP contribution is 2.18. The average molecular weight is 322 g/mol. The van der Waals surface area contributed by atoms with Crippen molar-refractivity contribution in [3.8, 4) is 0 Å². The van der Waals surface area contributed by atoms with E-state index in [0.717, 1.165) is 10.2 Å². The van der Waals surface area contributed by atoms with E-state index in [1.807, 2.05) is 13.0 Å². The van der Waals surface area contributed by atoms with Crippen molar-refractivity contribution in [2.24, 2.45) is 5.84 Å². The third-order valence-corrected chi connectivity index (χ3v) is 3.32. The van der Waals surface area contributed by atoms with Gasteiger partial charge in [0.25, 0.3) is 5.91 Å². The van der Waals surface area contributed by atoms with Crippen molar-refractivity contribution in [2.75, 3.05) is 10.7 Å². The normalized spacial score (nSPS) is 10.1. The summed E-state index contributed by atoms with van der Waals surface area (Å²) in [6.45, 7) is 1.84. The molecule has 2 aromatic heterocycles. The van der Waals surface area contributed by atoms with E-state index in [1.54, 1.807) is 18.3 Å². The number of anilines is 2. The Morgan fingerprint density at radius 1 is 1.37 bits per heavy atom. The second-order valence-corrected chi connectivity index (χ2v) is 4.64. The number of hydrogen-bond donors (Lipinski definition) is 3. The number of nitrogen functional groups attached to an aromatic ring is 1. The van der Waals surface area contributed by atoms with E-state index in [4.69, 9.17) is 5.84 Å². The Labute approximate surface area is 118 Å². The number of rotatable bonds is 3. The van der Waals surface area contributed by atoms with E-state index in [-0.39, 0.29) is 5.91 Å². The monoisotopic (exact) mass is 321 g/mol. The smallest absolute Gasteiger partial charge is 0.260 e. The Balaban J connectivity index is 2.23. The third-order valence-electron chi connectivity index (χ3n) is 2.48. The van der Waals surface area contributed by atoms with Gasteiger partial charge in [-0.25, -0.2) is 4.98 Å². The molecule has 0 unspecified atom stereocenters. The van der Waals surface area contributed by atoms with Crippen LogP contribution < -0.4 is 16.6 Å². The van der Waals surface area contributed by atoms with Crippen LogP contribution in [0.3, 0.4) is 0 Å². The van der Waals surface area contributed by atoms with Gasteiger partial charge in [0.15, 0.2) is 0 Å². The molecule has 19 heavy (non-hydrogen) atoms. The van der Waals surface area contributed by atoms with Crippen molar-refractivity contribution < 1.29 is 4.79 Å². The molecule has 6 nitrogen and oxygen atoms in total. The minimum Gasteiger partial charge on any atom is -0.323 e. The van der Waals surface area contributed by atoms with E-state index < -0.39 is 0 Å². The molecule has 0 bridgehead atoms. The molecule has 4 N–H and O–H groups in total. The number of nitrogens with one attached hydrogen (secondary N) is 2. The number of nitrogens with zero attached hydrogens (tertiary/aromatic N) is 2. The van der Waals surface area contributed by atoms with Gasteiger partial charge < -0.3 is 10.7 Å². The highest BCUT2D eigenvalue weighted by Gasteiger charge is 2.12. The fourth-order valence-electron chi connectivity index (χ4n) is 1.50. The minimum atomic E-state index is -0.324. The van der Waals surface area contributed by atoms with Crippen molar-refractivity contribution in [1.82, 2.24) is 9.97 Å². The van der Waals surface area contributed by atoms with Gasteiger partial charge in [-0.05, 0) is 41.1 Å².